The Labute approximate surface area is 156 Å². The first-order valence-electron chi connectivity index (χ1n) is 9.48. The fraction of sp³-hybridized carbons (Fsp3) is 0.250. The topological polar surface area (TPSA) is 23.5 Å². The zero-order valence-electron chi connectivity index (χ0n) is 15.4. The predicted octanol–water partition coefficient (Wildman–Crippen LogP) is 6.77. The van der Waals surface area contributed by atoms with E-state index in [1.807, 2.05) is 24.3 Å². The lowest BCUT2D eigenvalue weighted by atomic mass is 10.0. The molecule has 0 amide bonds. The van der Waals surface area contributed by atoms with Crippen molar-refractivity contribution in [2.24, 2.45) is 0 Å². The van der Waals surface area contributed by atoms with Crippen molar-refractivity contribution in [2.75, 3.05) is 4.90 Å². The lowest BCUT2D eigenvalue weighted by molar-refractivity contribution is 0.163. The van der Waals surface area contributed by atoms with Gasteiger partial charge in [-0.3, -0.25) is 0 Å². The van der Waals surface area contributed by atoms with Crippen LogP contribution in [0.2, 0.25) is 0 Å². The third-order valence-corrected chi connectivity index (χ3v) is 4.65. The molecular weight excluding hydrogens is 318 g/mol. The molecule has 3 rings (SSSR count). The minimum Gasteiger partial charge on any atom is -0.388 e. The average Bonchev–Trinajstić information content (AvgIpc) is 2.70. The number of rotatable bonds is 8. The standard InChI is InChI=1S/C24H27NO/c1-2-3-6-15-24(26)20-16-18-23(19-17-20)25(21-11-7-4-8-12-21)22-13-9-5-10-14-22/h4-5,7-14,16-19,24,26H,2-3,6,15H2,1H3. The summed E-state index contributed by atoms with van der Waals surface area (Å²) < 4.78 is 0. The molecular formula is C24H27NO. The van der Waals surface area contributed by atoms with Gasteiger partial charge in [0.2, 0.25) is 0 Å². The minimum absolute atomic E-state index is 0.377. The molecule has 0 heterocycles. The molecule has 0 spiro atoms. The Balaban J connectivity index is 1.86. The van der Waals surface area contributed by atoms with Crippen molar-refractivity contribution in [1.82, 2.24) is 0 Å². The first kappa shape index (κ1) is 18.2. The molecule has 1 unspecified atom stereocenters. The number of aliphatic hydroxyl groups is 1. The first-order chi connectivity index (χ1) is 12.8. The van der Waals surface area contributed by atoms with E-state index in [0.717, 1.165) is 35.5 Å². The molecule has 1 atom stereocenters. The van der Waals surface area contributed by atoms with Gasteiger partial charge in [-0.15, -0.1) is 0 Å². The summed E-state index contributed by atoms with van der Waals surface area (Å²) in [5, 5.41) is 10.4. The van der Waals surface area contributed by atoms with E-state index < -0.39 is 0 Å². The predicted molar refractivity (Wildman–Crippen MR) is 110 cm³/mol. The molecule has 1 N–H and O–H groups in total. The largest absolute Gasteiger partial charge is 0.388 e. The highest BCUT2D eigenvalue weighted by atomic mass is 16.3. The van der Waals surface area contributed by atoms with E-state index in [9.17, 15) is 5.11 Å². The van der Waals surface area contributed by atoms with Gasteiger partial charge in [0.15, 0.2) is 0 Å². The van der Waals surface area contributed by atoms with E-state index in [1.54, 1.807) is 0 Å². The molecule has 0 aliphatic carbocycles. The lowest BCUT2D eigenvalue weighted by Crippen LogP contribution is -2.10. The minimum atomic E-state index is -0.377. The molecule has 0 bridgehead atoms. The number of benzene rings is 3. The monoisotopic (exact) mass is 345 g/mol. The van der Waals surface area contributed by atoms with E-state index >= 15 is 0 Å². The Hall–Kier alpha value is -2.58. The molecule has 2 heteroatoms. The van der Waals surface area contributed by atoms with Crippen molar-refractivity contribution < 1.29 is 5.11 Å². The molecule has 0 saturated carbocycles. The maximum absolute atomic E-state index is 10.4. The molecule has 0 radical (unpaired) electrons. The van der Waals surface area contributed by atoms with Gasteiger partial charge in [-0.25, -0.2) is 0 Å². The first-order valence-corrected chi connectivity index (χ1v) is 9.48. The summed E-state index contributed by atoms with van der Waals surface area (Å²) in [7, 11) is 0. The number of unbranched alkanes of at least 4 members (excludes halogenated alkanes) is 2. The maximum Gasteiger partial charge on any atom is 0.0790 e. The van der Waals surface area contributed by atoms with E-state index in [-0.39, 0.29) is 6.10 Å². The zero-order chi connectivity index (χ0) is 18.2. The van der Waals surface area contributed by atoms with Crippen molar-refractivity contribution in [3.05, 3.63) is 90.5 Å². The van der Waals surface area contributed by atoms with Gasteiger partial charge < -0.3 is 10.0 Å². The second-order valence-corrected chi connectivity index (χ2v) is 6.61. The maximum atomic E-state index is 10.4. The Kier molecular flexibility index (Phi) is 6.45. The molecule has 0 saturated heterocycles. The molecule has 3 aromatic rings. The van der Waals surface area contributed by atoms with Crippen LogP contribution in [0, 0.1) is 0 Å². The fourth-order valence-electron chi connectivity index (χ4n) is 3.20. The molecule has 134 valence electrons. The quantitative estimate of drug-likeness (QED) is 0.455. The number of hydrogen-bond acceptors (Lipinski definition) is 2. The second kappa shape index (κ2) is 9.21. The molecule has 2 nitrogen and oxygen atoms in total. The van der Waals surface area contributed by atoms with Crippen molar-refractivity contribution in [2.45, 2.75) is 38.7 Å². The van der Waals surface area contributed by atoms with Crippen LogP contribution in [-0.4, -0.2) is 5.11 Å². The Morgan fingerprint density at radius 1 is 0.692 bits per heavy atom. The van der Waals surface area contributed by atoms with Crippen LogP contribution in [-0.2, 0) is 0 Å². The van der Waals surface area contributed by atoms with Gasteiger partial charge in [0.05, 0.1) is 6.10 Å². The molecule has 26 heavy (non-hydrogen) atoms. The molecule has 0 aliphatic rings. The van der Waals surface area contributed by atoms with E-state index in [2.05, 4.69) is 72.5 Å². The van der Waals surface area contributed by atoms with Gasteiger partial charge in [-0.2, -0.15) is 0 Å². The normalized spacial score (nSPS) is 11.9. The van der Waals surface area contributed by atoms with Crippen molar-refractivity contribution in [3.8, 4) is 0 Å². The summed E-state index contributed by atoms with van der Waals surface area (Å²) in [5.41, 5.74) is 4.32. The van der Waals surface area contributed by atoms with Gasteiger partial charge in [-0.05, 0) is 48.4 Å². The van der Waals surface area contributed by atoms with Crippen LogP contribution in [0.4, 0.5) is 17.1 Å². The summed E-state index contributed by atoms with van der Waals surface area (Å²) in [6, 6.07) is 29.0. The highest BCUT2D eigenvalue weighted by Gasteiger charge is 2.13. The van der Waals surface area contributed by atoms with Crippen molar-refractivity contribution >= 4 is 17.1 Å². The highest BCUT2D eigenvalue weighted by molar-refractivity contribution is 5.76. The number of para-hydroxylation sites is 2. The van der Waals surface area contributed by atoms with Gasteiger partial charge in [0.1, 0.15) is 0 Å². The molecule has 0 fully saturated rings. The zero-order valence-corrected chi connectivity index (χ0v) is 15.4. The van der Waals surface area contributed by atoms with Crippen LogP contribution in [0.15, 0.2) is 84.9 Å². The fourth-order valence-corrected chi connectivity index (χ4v) is 3.20. The summed E-state index contributed by atoms with van der Waals surface area (Å²) >= 11 is 0. The van der Waals surface area contributed by atoms with E-state index in [4.69, 9.17) is 0 Å². The second-order valence-electron chi connectivity index (χ2n) is 6.61. The van der Waals surface area contributed by atoms with Crippen LogP contribution >= 0.6 is 0 Å². The van der Waals surface area contributed by atoms with Gasteiger partial charge >= 0.3 is 0 Å². The number of aliphatic hydroxyl groups excluding tert-OH is 1. The SMILES string of the molecule is CCCCCC(O)c1ccc(N(c2ccccc2)c2ccccc2)cc1. The summed E-state index contributed by atoms with van der Waals surface area (Å²) in [5.74, 6) is 0. The van der Waals surface area contributed by atoms with Gasteiger partial charge in [0.25, 0.3) is 0 Å². The Bertz CT molecular complexity index is 729. The molecule has 3 aromatic carbocycles. The summed E-state index contributed by atoms with van der Waals surface area (Å²) in [6.45, 7) is 2.18. The highest BCUT2D eigenvalue weighted by Crippen LogP contribution is 2.34. The summed E-state index contributed by atoms with van der Waals surface area (Å²) in [6.07, 6.45) is 3.87. The number of anilines is 3. The number of nitrogens with zero attached hydrogens (tertiary/aromatic N) is 1. The molecule has 0 aromatic heterocycles. The van der Waals surface area contributed by atoms with Crippen molar-refractivity contribution in [1.29, 1.82) is 0 Å². The lowest BCUT2D eigenvalue weighted by Gasteiger charge is -2.25. The third-order valence-electron chi connectivity index (χ3n) is 4.65. The Morgan fingerprint density at radius 3 is 1.69 bits per heavy atom. The van der Waals surface area contributed by atoms with Crippen LogP contribution in [0.1, 0.15) is 44.3 Å². The average molecular weight is 345 g/mol. The van der Waals surface area contributed by atoms with E-state index in [0.29, 0.717) is 0 Å². The molecule has 0 aliphatic heterocycles. The van der Waals surface area contributed by atoms with Crippen molar-refractivity contribution in [3.63, 3.8) is 0 Å². The van der Waals surface area contributed by atoms with Gasteiger partial charge in [0, 0.05) is 17.1 Å². The smallest absolute Gasteiger partial charge is 0.0790 e. The van der Waals surface area contributed by atoms with Crippen LogP contribution < -0.4 is 4.90 Å². The van der Waals surface area contributed by atoms with Crippen LogP contribution in [0.5, 0.6) is 0 Å². The third kappa shape index (κ3) is 4.53. The Morgan fingerprint density at radius 2 is 1.19 bits per heavy atom. The summed E-state index contributed by atoms with van der Waals surface area (Å²) in [4.78, 5) is 2.23. The van der Waals surface area contributed by atoms with Gasteiger partial charge in [-0.1, -0.05) is 74.7 Å². The van der Waals surface area contributed by atoms with Crippen LogP contribution in [0.3, 0.4) is 0 Å². The van der Waals surface area contributed by atoms with Crippen LogP contribution in [0.25, 0.3) is 0 Å². The van der Waals surface area contributed by atoms with E-state index in [1.165, 1.54) is 12.8 Å². The number of hydrogen-bond donors (Lipinski definition) is 1.